The predicted molar refractivity (Wildman–Crippen MR) is 94.5 cm³/mol. The zero-order chi connectivity index (χ0) is 17.3. The van der Waals surface area contributed by atoms with Crippen molar-refractivity contribution in [2.45, 2.75) is 6.42 Å². The lowest BCUT2D eigenvalue weighted by atomic mass is 10.1. The lowest BCUT2D eigenvalue weighted by Gasteiger charge is -2.23. The summed E-state index contributed by atoms with van der Waals surface area (Å²) in [5, 5.41) is 2.83. The Bertz CT molecular complexity index is 864. The van der Waals surface area contributed by atoms with Gasteiger partial charge in [0.25, 0.3) is 5.91 Å². The molecule has 0 atom stereocenters. The van der Waals surface area contributed by atoms with Crippen molar-refractivity contribution in [3.63, 3.8) is 0 Å². The predicted octanol–water partition coefficient (Wildman–Crippen LogP) is 2.11. The van der Waals surface area contributed by atoms with Crippen molar-refractivity contribution in [1.29, 1.82) is 0 Å². The van der Waals surface area contributed by atoms with E-state index in [1.165, 1.54) is 22.7 Å². The Balaban J connectivity index is 1.84. The number of para-hydroxylation sites is 1. The van der Waals surface area contributed by atoms with E-state index in [0.717, 1.165) is 11.3 Å². The van der Waals surface area contributed by atoms with Gasteiger partial charge in [0.2, 0.25) is 0 Å². The number of carbonyl (C=O) groups excluding carboxylic acids is 1. The molecule has 0 aromatic heterocycles. The first-order valence-corrected chi connectivity index (χ1v) is 8.99. The van der Waals surface area contributed by atoms with Crippen LogP contribution in [0.4, 0.5) is 11.4 Å². The molecule has 1 heterocycles. The molecule has 7 heteroatoms. The number of nitrogens with zero attached hydrogens (tertiary/aromatic N) is 2. The van der Waals surface area contributed by atoms with E-state index in [-0.39, 0.29) is 5.91 Å². The molecule has 1 aliphatic heterocycles. The largest absolute Gasteiger partial charge is 0.322 e. The summed E-state index contributed by atoms with van der Waals surface area (Å²) in [5.41, 5.74) is 2.74. The van der Waals surface area contributed by atoms with Gasteiger partial charge in [0.05, 0.1) is 5.69 Å². The zero-order valence-electron chi connectivity index (χ0n) is 13.6. The highest BCUT2D eigenvalue weighted by atomic mass is 32.2. The maximum absolute atomic E-state index is 12.3. The van der Waals surface area contributed by atoms with Crippen LogP contribution >= 0.6 is 0 Å². The van der Waals surface area contributed by atoms with Gasteiger partial charge in [-0.05, 0) is 42.3 Å². The van der Waals surface area contributed by atoms with Crippen molar-refractivity contribution in [2.24, 2.45) is 0 Å². The summed E-state index contributed by atoms with van der Waals surface area (Å²) in [5.74, 6) is -0.210. The number of carbonyl (C=O) groups is 1. The smallest absolute Gasteiger partial charge is 0.303 e. The lowest BCUT2D eigenvalue weighted by molar-refractivity contribution is 0.102. The highest BCUT2D eigenvalue weighted by Crippen LogP contribution is 2.31. The van der Waals surface area contributed by atoms with E-state index in [4.69, 9.17) is 0 Å². The maximum Gasteiger partial charge on any atom is 0.303 e. The zero-order valence-corrected chi connectivity index (χ0v) is 14.4. The van der Waals surface area contributed by atoms with Gasteiger partial charge < -0.3 is 5.32 Å². The molecular weight excluding hydrogens is 326 g/mol. The highest BCUT2D eigenvalue weighted by Gasteiger charge is 2.31. The van der Waals surface area contributed by atoms with Crippen LogP contribution in [0.15, 0.2) is 48.5 Å². The van der Waals surface area contributed by atoms with Gasteiger partial charge in [-0.25, -0.2) is 0 Å². The monoisotopic (exact) mass is 345 g/mol. The number of nitrogens with one attached hydrogen (secondary N) is 1. The average Bonchev–Trinajstić information content (AvgIpc) is 2.99. The second-order valence-electron chi connectivity index (χ2n) is 5.78. The molecule has 1 amide bonds. The lowest BCUT2D eigenvalue weighted by Crippen LogP contribution is -2.38. The Kier molecular flexibility index (Phi) is 4.29. The Labute approximate surface area is 141 Å². The molecule has 0 saturated heterocycles. The van der Waals surface area contributed by atoms with E-state index in [1.807, 2.05) is 30.3 Å². The third-order valence-electron chi connectivity index (χ3n) is 3.97. The SMILES string of the molecule is CN(C)S(=O)(=O)N1CCc2cc(C(=O)Nc3ccccc3)ccc21. The van der Waals surface area contributed by atoms with Crippen LogP contribution in [0.1, 0.15) is 15.9 Å². The van der Waals surface area contributed by atoms with Gasteiger partial charge in [0.1, 0.15) is 0 Å². The molecule has 0 unspecified atom stereocenters. The summed E-state index contributed by atoms with van der Waals surface area (Å²) in [6, 6.07) is 14.3. The van der Waals surface area contributed by atoms with Gasteiger partial charge in [-0.2, -0.15) is 12.7 Å². The minimum Gasteiger partial charge on any atom is -0.322 e. The molecular formula is C17H19N3O3S. The summed E-state index contributed by atoms with van der Waals surface area (Å²) in [7, 11) is -0.488. The number of fused-ring (bicyclic) bond motifs is 1. The van der Waals surface area contributed by atoms with Crippen molar-refractivity contribution in [2.75, 3.05) is 30.3 Å². The Morgan fingerprint density at radius 2 is 1.83 bits per heavy atom. The number of amides is 1. The van der Waals surface area contributed by atoms with E-state index in [9.17, 15) is 13.2 Å². The van der Waals surface area contributed by atoms with Crippen molar-refractivity contribution >= 4 is 27.5 Å². The Hall–Kier alpha value is -2.38. The Morgan fingerprint density at radius 3 is 2.50 bits per heavy atom. The summed E-state index contributed by atoms with van der Waals surface area (Å²) >= 11 is 0. The molecule has 0 saturated carbocycles. The van der Waals surface area contributed by atoms with Gasteiger partial charge in [-0.3, -0.25) is 9.10 Å². The van der Waals surface area contributed by atoms with Crippen molar-refractivity contribution in [1.82, 2.24) is 4.31 Å². The van der Waals surface area contributed by atoms with Crippen molar-refractivity contribution < 1.29 is 13.2 Å². The topological polar surface area (TPSA) is 69.7 Å². The van der Waals surface area contributed by atoms with Crippen LogP contribution in [0.3, 0.4) is 0 Å². The van der Waals surface area contributed by atoms with Gasteiger partial charge in [-0.15, -0.1) is 0 Å². The molecule has 2 aromatic rings. The average molecular weight is 345 g/mol. The third-order valence-corrected chi connectivity index (χ3v) is 5.83. The first kappa shape index (κ1) is 16.5. The maximum atomic E-state index is 12.3. The number of benzene rings is 2. The first-order chi connectivity index (χ1) is 11.4. The fourth-order valence-electron chi connectivity index (χ4n) is 2.67. The van der Waals surface area contributed by atoms with E-state index in [0.29, 0.717) is 24.2 Å². The quantitative estimate of drug-likeness (QED) is 0.923. The third kappa shape index (κ3) is 3.00. The van der Waals surface area contributed by atoms with Crippen LogP contribution < -0.4 is 9.62 Å². The summed E-state index contributed by atoms with van der Waals surface area (Å²) < 4.78 is 27.2. The number of hydrogen-bond donors (Lipinski definition) is 1. The van der Waals surface area contributed by atoms with Crippen molar-refractivity contribution in [3.8, 4) is 0 Å². The van der Waals surface area contributed by atoms with Crippen LogP contribution in [0.25, 0.3) is 0 Å². The fraction of sp³-hybridized carbons (Fsp3) is 0.235. The van der Waals surface area contributed by atoms with Crippen LogP contribution in [-0.2, 0) is 16.6 Å². The number of anilines is 2. The van der Waals surface area contributed by atoms with Crippen molar-refractivity contribution in [3.05, 3.63) is 59.7 Å². The number of rotatable bonds is 4. The minimum atomic E-state index is -3.51. The second-order valence-corrected chi connectivity index (χ2v) is 7.84. The molecule has 126 valence electrons. The molecule has 1 N–H and O–H groups in total. The van der Waals surface area contributed by atoms with Crippen LogP contribution in [0.2, 0.25) is 0 Å². The highest BCUT2D eigenvalue weighted by molar-refractivity contribution is 7.90. The molecule has 1 aliphatic rings. The van der Waals surface area contributed by atoms with Gasteiger partial charge in [0, 0.05) is 31.9 Å². The van der Waals surface area contributed by atoms with E-state index in [2.05, 4.69) is 5.32 Å². The summed E-state index contributed by atoms with van der Waals surface area (Å²) in [6.45, 7) is 0.388. The molecule has 0 radical (unpaired) electrons. The Morgan fingerprint density at radius 1 is 1.12 bits per heavy atom. The van der Waals surface area contributed by atoms with Gasteiger partial charge in [-0.1, -0.05) is 18.2 Å². The molecule has 0 bridgehead atoms. The number of hydrogen-bond acceptors (Lipinski definition) is 3. The van der Waals surface area contributed by atoms with Crippen LogP contribution in [-0.4, -0.2) is 39.3 Å². The second kappa shape index (κ2) is 6.26. The molecule has 2 aromatic carbocycles. The summed E-state index contributed by atoms with van der Waals surface area (Å²) in [4.78, 5) is 12.3. The molecule has 0 fully saturated rings. The van der Waals surface area contributed by atoms with Crippen LogP contribution in [0, 0.1) is 0 Å². The van der Waals surface area contributed by atoms with E-state index >= 15 is 0 Å². The minimum absolute atomic E-state index is 0.210. The fourth-order valence-corrected chi connectivity index (χ4v) is 3.82. The standard InChI is InChI=1S/C17H19N3O3S/c1-19(2)24(22,23)20-11-10-13-12-14(8-9-16(13)20)17(21)18-15-6-4-3-5-7-15/h3-9,12H,10-11H2,1-2H3,(H,18,21). The van der Waals surface area contributed by atoms with Gasteiger partial charge in [0.15, 0.2) is 0 Å². The molecule has 0 aliphatic carbocycles. The van der Waals surface area contributed by atoms with E-state index in [1.54, 1.807) is 18.2 Å². The normalized spacial score (nSPS) is 13.9. The molecule has 24 heavy (non-hydrogen) atoms. The molecule has 6 nitrogen and oxygen atoms in total. The van der Waals surface area contributed by atoms with E-state index < -0.39 is 10.2 Å². The first-order valence-electron chi connectivity index (χ1n) is 7.59. The summed E-state index contributed by atoms with van der Waals surface area (Å²) in [6.07, 6.45) is 0.592. The van der Waals surface area contributed by atoms with Crippen LogP contribution in [0.5, 0.6) is 0 Å². The van der Waals surface area contributed by atoms with Gasteiger partial charge >= 0.3 is 10.2 Å². The molecule has 3 rings (SSSR count). The molecule has 0 spiro atoms.